The standard InChI is InChI=1S/C9H17NO2/c1-6-10(7-2)8(11)12-9(3,4)5/h6H,1,7H2,2-5H3. The lowest BCUT2D eigenvalue weighted by molar-refractivity contribution is 0.0344. The van der Waals surface area contributed by atoms with Crippen molar-refractivity contribution in [1.82, 2.24) is 4.90 Å². The number of carbonyl (C=O) groups excluding carboxylic acids is 1. The second-order valence-electron chi connectivity index (χ2n) is 3.45. The highest BCUT2D eigenvalue weighted by atomic mass is 16.6. The van der Waals surface area contributed by atoms with Gasteiger partial charge in [-0.15, -0.1) is 0 Å². The summed E-state index contributed by atoms with van der Waals surface area (Å²) in [4.78, 5) is 12.7. The zero-order valence-electron chi connectivity index (χ0n) is 8.26. The minimum absolute atomic E-state index is 0.347. The van der Waals surface area contributed by atoms with Gasteiger partial charge in [-0.1, -0.05) is 6.58 Å². The van der Waals surface area contributed by atoms with Crippen molar-refractivity contribution < 1.29 is 9.53 Å². The molecule has 0 aliphatic carbocycles. The molecule has 0 aliphatic rings. The van der Waals surface area contributed by atoms with E-state index >= 15 is 0 Å². The van der Waals surface area contributed by atoms with Gasteiger partial charge in [0.25, 0.3) is 0 Å². The van der Waals surface area contributed by atoms with Crippen LogP contribution in [0.25, 0.3) is 0 Å². The molecule has 0 spiro atoms. The van der Waals surface area contributed by atoms with Gasteiger partial charge >= 0.3 is 6.09 Å². The molecular formula is C9H17NO2. The molecule has 0 N–H and O–H groups in total. The van der Waals surface area contributed by atoms with Gasteiger partial charge in [0, 0.05) is 12.7 Å². The van der Waals surface area contributed by atoms with Crippen LogP contribution >= 0.6 is 0 Å². The Morgan fingerprint density at radius 1 is 1.58 bits per heavy atom. The molecule has 12 heavy (non-hydrogen) atoms. The summed E-state index contributed by atoms with van der Waals surface area (Å²) >= 11 is 0. The fourth-order valence-electron chi connectivity index (χ4n) is 0.653. The third kappa shape index (κ3) is 4.01. The molecule has 0 aromatic heterocycles. The molecule has 3 heteroatoms. The molecule has 3 nitrogen and oxygen atoms in total. The molecule has 1 amide bonds. The number of rotatable bonds is 2. The number of carbonyl (C=O) groups is 1. The molecule has 0 saturated heterocycles. The predicted molar refractivity (Wildman–Crippen MR) is 48.8 cm³/mol. The average Bonchev–Trinajstić information content (AvgIpc) is 1.85. The zero-order valence-corrected chi connectivity index (χ0v) is 8.26. The number of amides is 1. The predicted octanol–water partition coefficient (Wildman–Crippen LogP) is 2.39. The normalized spacial score (nSPS) is 10.7. The van der Waals surface area contributed by atoms with E-state index in [1.165, 1.54) is 11.1 Å². The molecule has 0 unspecified atom stereocenters. The van der Waals surface area contributed by atoms with Crippen LogP contribution in [0.15, 0.2) is 12.8 Å². The maximum atomic E-state index is 11.3. The van der Waals surface area contributed by atoms with Gasteiger partial charge in [0.2, 0.25) is 0 Å². The van der Waals surface area contributed by atoms with Gasteiger partial charge in [-0.05, 0) is 27.7 Å². The van der Waals surface area contributed by atoms with Gasteiger partial charge in [0.15, 0.2) is 0 Å². The SMILES string of the molecule is C=CN(CC)C(=O)OC(C)(C)C. The van der Waals surface area contributed by atoms with Gasteiger partial charge in [-0.3, -0.25) is 4.90 Å². The highest BCUT2D eigenvalue weighted by Crippen LogP contribution is 2.09. The van der Waals surface area contributed by atoms with E-state index in [-0.39, 0.29) is 6.09 Å². The Balaban J connectivity index is 4.11. The molecular weight excluding hydrogens is 154 g/mol. The van der Waals surface area contributed by atoms with Crippen molar-refractivity contribution in [2.45, 2.75) is 33.3 Å². The highest BCUT2D eigenvalue weighted by Gasteiger charge is 2.18. The van der Waals surface area contributed by atoms with Crippen LogP contribution in [-0.4, -0.2) is 23.1 Å². The molecule has 0 rings (SSSR count). The summed E-state index contributed by atoms with van der Waals surface area (Å²) in [6.07, 6.45) is 1.12. The lowest BCUT2D eigenvalue weighted by atomic mass is 10.2. The number of hydrogen-bond donors (Lipinski definition) is 0. The fraction of sp³-hybridized carbons (Fsp3) is 0.667. The van der Waals surface area contributed by atoms with Gasteiger partial charge in [0.1, 0.15) is 5.60 Å². The summed E-state index contributed by atoms with van der Waals surface area (Å²) in [5, 5.41) is 0. The first kappa shape index (κ1) is 11.0. The summed E-state index contributed by atoms with van der Waals surface area (Å²) in [6.45, 7) is 11.5. The summed E-state index contributed by atoms with van der Waals surface area (Å²) in [5.74, 6) is 0. The van der Waals surface area contributed by atoms with Crippen LogP contribution in [0.1, 0.15) is 27.7 Å². The first-order valence-electron chi connectivity index (χ1n) is 4.03. The molecule has 0 atom stereocenters. The van der Waals surface area contributed by atoms with E-state index in [4.69, 9.17) is 4.74 Å². The minimum Gasteiger partial charge on any atom is -0.443 e. The lowest BCUT2D eigenvalue weighted by Gasteiger charge is -2.23. The molecule has 0 saturated carbocycles. The average molecular weight is 171 g/mol. The van der Waals surface area contributed by atoms with Crippen molar-refractivity contribution in [3.8, 4) is 0 Å². The van der Waals surface area contributed by atoms with Crippen molar-refractivity contribution in [3.05, 3.63) is 12.8 Å². The first-order valence-corrected chi connectivity index (χ1v) is 4.03. The summed E-state index contributed by atoms with van der Waals surface area (Å²) in [5.41, 5.74) is -0.437. The van der Waals surface area contributed by atoms with Gasteiger partial charge in [-0.25, -0.2) is 4.79 Å². The van der Waals surface area contributed by atoms with E-state index in [9.17, 15) is 4.79 Å². The minimum atomic E-state index is -0.437. The van der Waals surface area contributed by atoms with Crippen LogP contribution in [0.2, 0.25) is 0 Å². The van der Waals surface area contributed by atoms with Crippen LogP contribution in [-0.2, 0) is 4.74 Å². The quantitative estimate of drug-likeness (QED) is 0.638. The van der Waals surface area contributed by atoms with Crippen molar-refractivity contribution in [2.24, 2.45) is 0 Å². The first-order chi connectivity index (χ1) is 5.40. The Kier molecular flexibility index (Phi) is 3.80. The molecule has 70 valence electrons. The van der Waals surface area contributed by atoms with Crippen molar-refractivity contribution >= 4 is 6.09 Å². The maximum Gasteiger partial charge on any atom is 0.414 e. The Morgan fingerprint density at radius 2 is 2.08 bits per heavy atom. The lowest BCUT2D eigenvalue weighted by Crippen LogP contribution is -2.33. The topological polar surface area (TPSA) is 29.5 Å². The molecule has 0 bridgehead atoms. The summed E-state index contributed by atoms with van der Waals surface area (Å²) in [6, 6.07) is 0. The fourth-order valence-corrected chi connectivity index (χ4v) is 0.653. The van der Waals surface area contributed by atoms with E-state index < -0.39 is 5.60 Å². The molecule has 0 aliphatic heterocycles. The molecule has 0 heterocycles. The second-order valence-corrected chi connectivity index (χ2v) is 3.45. The zero-order chi connectivity index (χ0) is 9.78. The van der Waals surface area contributed by atoms with Gasteiger partial charge < -0.3 is 4.74 Å². The smallest absolute Gasteiger partial charge is 0.414 e. The van der Waals surface area contributed by atoms with Crippen molar-refractivity contribution in [1.29, 1.82) is 0 Å². The Bertz CT molecular complexity index is 170. The Morgan fingerprint density at radius 3 is 2.33 bits per heavy atom. The number of ether oxygens (including phenoxy) is 1. The van der Waals surface area contributed by atoms with Crippen LogP contribution in [0.3, 0.4) is 0 Å². The molecule has 0 aromatic carbocycles. The van der Waals surface area contributed by atoms with Crippen molar-refractivity contribution in [2.75, 3.05) is 6.54 Å². The Hall–Kier alpha value is -0.990. The van der Waals surface area contributed by atoms with Crippen molar-refractivity contribution in [3.63, 3.8) is 0 Å². The monoisotopic (exact) mass is 171 g/mol. The summed E-state index contributed by atoms with van der Waals surface area (Å²) in [7, 11) is 0. The van der Waals surface area contributed by atoms with Crippen LogP contribution in [0.5, 0.6) is 0 Å². The van der Waals surface area contributed by atoms with Gasteiger partial charge in [-0.2, -0.15) is 0 Å². The van der Waals surface area contributed by atoms with Gasteiger partial charge in [0.05, 0.1) is 0 Å². The van der Waals surface area contributed by atoms with Crippen LogP contribution in [0.4, 0.5) is 4.79 Å². The van der Waals surface area contributed by atoms with Crippen LogP contribution < -0.4 is 0 Å². The van der Waals surface area contributed by atoms with Crippen LogP contribution in [0, 0.1) is 0 Å². The number of hydrogen-bond acceptors (Lipinski definition) is 2. The molecule has 0 fully saturated rings. The van der Waals surface area contributed by atoms with E-state index in [1.54, 1.807) is 0 Å². The maximum absolute atomic E-state index is 11.3. The van der Waals surface area contributed by atoms with E-state index in [0.717, 1.165) is 0 Å². The second kappa shape index (κ2) is 4.14. The molecule has 0 radical (unpaired) electrons. The largest absolute Gasteiger partial charge is 0.443 e. The molecule has 0 aromatic rings. The highest BCUT2D eigenvalue weighted by molar-refractivity contribution is 5.69. The van der Waals surface area contributed by atoms with E-state index in [0.29, 0.717) is 6.54 Å². The van der Waals surface area contributed by atoms with E-state index in [2.05, 4.69) is 6.58 Å². The third-order valence-corrected chi connectivity index (χ3v) is 1.19. The van der Waals surface area contributed by atoms with E-state index in [1.807, 2.05) is 27.7 Å². The Labute approximate surface area is 74.0 Å². The third-order valence-electron chi connectivity index (χ3n) is 1.19. The number of nitrogens with zero attached hydrogens (tertiary/aromatic N) is 1. The summed E-state index contributed by atoms with van der Waals surface area (Å²) < 4.78 is 5.10.